The van der Waals surface area contributed by atoms with Crippen molar-refractivity contribution in [2.45, 2.75) is 0 Å². The number of hydrogen-bond acceptors (Lipinski definition) is 6. The number of aromatic amines is 1. The number of nitrogens with one attached hydrogen (secondary N) is 2. The lowest BCUT2D eigenvalue weighted by Crippen LogP contribution is -2.47. The molecule has 0 unspecified atom stereocenters. The number of aliphatic imine (C=N–C) groups is 2. The Bertz CT molecular complexity index is 1070. The van der Waals surface area contributed by atoms with Crippen molar-refractivity contribution in [2.24, 2.45) is 9.98 Å². The van der Waals surface area contributed by atoms with Gasteiger partial charge in [-0.3, -0.25) is 20.0 Å². The number of rotatable bonds is 1. The Morgan fingerprint density at radius 3 is 3.12 bits per heavy atom. The van der Waals surface area contributed by atoms with Crippen LogP contribution in [0.1, 0.15) is 15.9 Å². The third-order valence-electron chi connectivity index (χ3n) is 4.23. The van der Waals surface area contributed by atoms with Gasteiger partial charge in [0, 0.05) is 18.3 Å². The van der Waals surface area contributed by atoms with E-state index in [9.17, 15) is 4.79 Å². The van der Waals surface area contributed by atoms with Gasteiger partial charge in [-0.25, -0.2) is 15.0 Å². The molecule has 1 amide bonds. The first-order chi connectivity index (χ1) is 12.3. The lowest BCUT2D eigenvalue weighted by molar-refractivity contribution is 0.0974. The first-order valence-corrected chi connectivity index (χ1v) is 7.90. The summed E-state index contributed by atoms with van der Waals surface area (Å²) in [6.45, 7) is 1.37. The predicted octanol–water partition coefficient (Wildman–Crippen LogP) is 1.45. The van der Waals surface area contributed by atoms with Crippen LogP contribution >= 0.6 is 0 Å². The molecule has 0 spiro atoms. The second-order valence-electron chi connectivity index (χ2n) is 5.76. The van der Waals surface area contributed by atoms with Crippen molar-refractivity contribution in [3.8, 4) is 0 Å². The molecule has 0 atom stereocenters. The second kappa shape index (κ2) is 5.23. The summed E-state index contributed by atoms with van der Waals surface area (Å²) in [6, 6.07) is 9.48. The Morgan fingerprint density at radius 2 is 2.16 bits per heavy atom. The van der Waals surface area contributed by atoms with Gasteiger partial charge in [0.15, 0.2) is 5.65 Å². The molecule has 2 aliphatic rings. The van der Waals surface area contributed by atoms with Gasteiger partial charge in [0.2, 0.25) is 5.96 Å². The van der Waals surface area contributed by atoms with Crippen molar-refractivity contribution in [2.75, 3.05) is 13.1 Å². The van der Waals surface area contributed by atoms with Gasteiger partial charge in [-0.2, -0.15) is 0 Å². The van der Waals surface area contributed by atoms with Gasteiger partial charge in [-0.1, -0.05) is 12.1 Å². The third kappa shape index (κ3) is 2.18. The Hall–Kier alpha value is -3.55. The highest BCUT2D eigenvalue weighted by Crippen LogP contribution is 2.27. The first-order valence-electron chi connectivity index (χ1n) is 7.90. The molecule has 0 bridgehead atoms. The fourth-order valence-electron chi connectivity index (χ4n) is 3.04. The molecule has 5 rings (SSSR count). The standard InChI is InChI=1S/C17H13N7O/c25-16(10-7-13-14(19-8-10)21-9-20-13)23-17-22-12-4-2-1-3-11(12)15-18-5-6-24(15)17/h1-4,7-9H,5-6H2,(H,19,20,21)(H,22,23,25). The molecule has 0 aliphatic carbocycles. The number of nitrogens with zero attached hydrogens (tertiary/aromatic N) is 5. The minimum atomic E-state index is -0.276. The highest BCUT2D eigenvalue weighted by atomic mass is 16.1. The number of benzene rings is 1. The second-order valence-corrected chi connectivity index (χ2v) is 5.76. The lowest BCUT2D eigenvalue weighted by atomic mass is 10.1. The van der Waals surface area contributed by atoms with Crippen molar-refractivity contribution >= 4 is 34.6 Å². The summed E-state index contributed by atoms with van der Waals surface area (Å²) in [4.78, 5) is 35.0. The largest absolute Gasteiger partial charge is 0.329 e. The van der Waals surface area contributed by atoms with Gasteiger partial charge in [-0.15, -0.1) is 0 Å². The summed E-state index contributed by atoms with van der Waals surface area (Å²) in [5, 5.41) is 2.88. The molecule has 0 fully saturated rings. The van der Waals surface area contributed by atoms with Crippen molar-refractivity contribution < 1.29 is 4.79 Å². The maximum atomic E-state index is 12.6. The van der Waals surface area contributed by atoms with Crippen LogP contribution in [0.5, 0.6) is 0 Å². The van der Waals surface area contributed by atoms with Crippen LogP contribution in [0, 0.1) is 0 Å². The van der Waals surface area contributed by atoms with Crippen LogP contribution in [0.3, 0.4) is 0 Å². The number of pyridine rings is 1. The molecular weight excluding hydrogens is 318 g/mol. The molecule has 122 valence electrons. The smallest absolute Gasteiger partial charge is 0.259 e. The van der Waals surface area contributed by atoms with Crippen molar-refractivity contribution in [1.82, 2.24) is 25.2 Å². The summed E-state index contributed by atoms with van der Waals surface area (Å²) in [6.07, 6.45) is 3.07. The number of hydrogen-bond donors (Lipinski definition) is 2. The zero-order valence-corrected chi connectivity index (χ0v) is 13.1. The molecule has 0 saturated heterocycles. The molecular formula is C17H13N7O. The van der Waals surface area contributed by atoms with E-state index in [1.54, 1.807) is 12.4 Å². The average Bonchev–Trinajstić information content (AvgIpc) is 3.30. The van der Waals surface area contributed by atoms with Gasteiger partial charge in [0.1, 0.15) is 11.4 Å². The van der Waals surface area contributed by atoms with Crippen molar-refractivity contribution in [1.29, 1.82) is 0 Å². The number of amidine groups is 1. The number of aromatic nitrogens is 3. The van der Waals surface area contributed by atoms with Gasteiger partial charge in [0.05, 0.1) is 24.1 Å². The predicted molar refractivity (Wildman–Crippen MR) is 93.0 cm³/mol. The van der Waals surface area contributed by atoms with Gasteiger partial charge < -0.3 is 4.98 Å². The van der Waals surface area contributed by atoms with Crippen LogP contribution in [-0.4, -0.2) is 50.6 Å². The number of imidazole rings is 1. The molecule has 4 heterocycles. The zero-order valence-electron chi connectivity index (χ0n) is 13.1. The van der Waals surface area contributed by atoms with E-state index in [-0.39, 0.29) is 5.91 Å². The van der Waals surface area contributed by atoms with Crippen LogP contribution in [0.4, 0.5) is 5.69 Å². The normalized spacial score (nSPS) is 15.4. The first kappa shape index (κ1) is 13.8. The minimum absolute atomic E-state index is 0.276. The van der Waals surface area contributed by atoms with Crippen LogP contribution in [0.25, 0.3) is 11.2 Å². The summed E-state index contributed by atoms with van der Waals surface area (Å²) in [5.74, 6) is 1.06. The van der Waals surface area contributed by atoms with E-state index in [1.807, 2.05) is 29.2 Å². The SMILES string of the molecule is O=C(NC1=Nc2ccccc2C2=NCCN12)c1cnc2[nH]cnc2c1. The molecule has 25 heavy (non-hydrogen) atoms. The van der Waals surface area contributed by atoms with Crippen LogP contribution in [0.15, 0.2) is 52.8 Å². The van der Waals surface area contributed by atoms with Crippen LogP contribution in [-0.2, 0) is 0 Å². The fraction of sp³-hybridized carbons (Fsp3) is 0.118. The summed E-state index contributed by atoms with van der Waals surface area (Å²) < 4.78 is 0. The minimum Gasteiger partial charge on any atom is -0.329 e. The molecule has 8 heteroatoms. The van der Waals surface area contributed by atoms with Gasteiger partial charge in [-0.05, 0) is 18.2 Å². The molecule has 0 saturated carbocycles. The highest BCUT2D eigenvalue weighted by molar-refractivity contribution is 6.19. The number of para-hydroxylation sites is 1. The summed E-state index contributed by atoms with van der Waals surface area (Å²) in [5.41, 5.74) is 3.51. The molecule has 8 nitrogen and oxygen atoms in total. The van der Waals surface area contributed by atoms with Crippen LogP contribution < -0.4 is 5.32 Å². The summed E-state index contributed by atoms with van der Waals surface area (Å²) in [7, 11) is 0. The Kier molecular flexibility index (Phi) is 2.90. The fourth-order valence-corrected chi connectivity index (χ4v) is 3.04. The molecule has 2 aliphatic heterocycles. The maximum Gasteiger partial charge on any atom is 0.259 e. The van der Waals surface area contributed by atoms with E-state index >= 15 is 0 Å². The van der Waals surface area contributed by atoms with E-state index in [0.717, 1.165) is 17.1 Å². The zero-order chi connectivity index (χ0) is 16.8. The number of H-pyrrole nitrogens is 1. The quantitative estimate of drug-likeness (QED) is 0.705. The molecule has 0 radical (unpaired) electrons. The van der Waals surface area contributed by atoms with Crippen LogP contribution in [0.2, 0.25) is 0 Å². The van der Waals surface area contributed by atoms with E-state index in [4.69, 9.17) is 0 Å². The Balaban J connectivity index is 1.50. The number of amides is 1. The van der Waals surface area contributed by atoms with Crippen molar-refractivity contribution in [3.63, 3.8) is 0 Å². The Morgan fingerprint density at radius 1 is 1.24 bits per heavy atom. The lowest BCUT2D eigenvalue weighted by Gasteiger charge is -2.27. The summed E-state index contributed by atoms with van der Waals surface area (Å²) >= 11 is 0. The third-order valence-corrected chi connectivity index (χ3v) is 4.23. The van der Waals surface area contributed by atoms with Gasteiger partial charge in [0.25, 0.3) is 5.91 Å². The van der Waals surface area contributed by atoms with E-state index < -0.39 is 0 Å². The topological polar surface area (TPSA) is 98.6 Å². The maximum absolute atomic E-state index is 12.6. The highest BCUT2D eigenvalue weighted by Gasteiger charge is 2.30. The molecule has 2 N–H and O–H groups in total. The van der Waals surface area contributed by atoms with Gasteiger partial charge >= 0.3 is 0 Å². The number of guanidine groups is 1. The van der Waals surface area contributed by atoms with E-state index in [1.165, 1.54) is 6.20 Å². The number of fused-ring (bicyclic) bond motifs is 4. The Labute approximate surface area is 142 Å². The average molecular weight is 331 g/mol. The molecule has 1 aromatic carbocycles. The number of carbonyl (C=O) groups is 1. The number of carbonyl (C=O) groups excluding carboxylic acids is 1. The van der Waals surface area contributed by atoms with Crippen molar-refractivity contribution in [3.05, 3.63) is 54.0 Å². The van der Waals surface area contributed by atoms with E-state index in [0.29, 0.717) is 35.8 Å². The van der Waals surface area contributed by atoms with E-state index in [2.05, 4.69) is 30.3 Å². The molecule has 2 aromatic heterocycles. The monoisotopic (exact) mass is 331 g/mol. The molecule has 3 aromatic rings.